The van der Waals surface area contributed by atoms with Crippen molar-refractivity contribution in [1.29, 1.82) is 0 Å². The van der Waals surface area contributed by atoms with Gasteiger partial charge in [-0.15, -0.1) is 0 Å². The van der Waals surface area contributed by atoms with E-state index in [9.17, 15) is 0 Å². The number of rotatable bonds is 3. The van der Waals surface area contributed by atoms with Crippen LogP contribution in [0, 0.1) is 0 Å². The number of aliphatic imine (C=N–C) groups is 1. The highest BCUT2D eigenvalue weighted by Gasteiger charge is 2.10. The molecule has 0 radical (unpaired) electrons. The van der Waals surface area contributed by atoms with Gasteiger partial charge in [0.25, 0.3) is 0 Å². The first kappa shape index (κ1) is 9.08. The summed E-state index contributed by atoms with van der Waals surface area (Å²) in [5, 5.41) is 11.5. The van der Waals surface area contributed by atoms with Crippen molar-refractivity contribution in [2.75, 3.05) is 5.32 Å². The van der Waals surface area contributed by atoms with Gasteiger partial charge in [-0.2, -0.15) is 10.2 Å². The molecular weight excluding hydrogens is 206 g/mol. The molecule has 3 heterocycles. The van der Waals surface area contributed by atoms with Crippen molar-refractivity contribution < 1.29 is 0 Å². The Kier molecular flexibility index (Phi) is 2.13. The van der Waals surface area contributed by atoms with Crippen LogP contribution >= 0.6 is 0 Å². The summed E-state index contributed by atoms with van der Waals surface area (Å²) >= 11 is 0. The Morgan fingerprint density at radius 3 is 3.06 bits per heavy atom. The molecule has 0 saturated carbocycles. The highest BCUT2D eigenvalue weighted by Crippen LogP contribution is 2.16. The van der Waals surface area contributed by atoms with Crippen LogP contribution in [0.4, 0.5) is 5.69 Å². The fraction of sp³-hybridized carbons (Fsp3) is 0.333. The van der Waals surface area contributed by atoms with Gasteiger partial charge < -0.3 is 5.32 Å². The summed E-state index contributed by atoms with van der Waals surface area (Å²) in [7, 11) is 0. The monoisotopic (exact) mass is 217 g/mol. The van der Waals surface area contributed by atoms with Crippen LogP contribution in [-0.4, -0.2) is 30.9 Å². The van der Waals surface area contributed by atoms with E-state index in [0.717, 1.165) is 24.5 Å². The molecule has 0 spiro atoms. The third-order valence-electron chi connectivity index (χ3n) is 2.42. The zero-order chi connectivity index (χ0) is 10.8. The van der Waals surface area contributed by atoms with Crippen LogP contribution in [0.3, 0.4) is 0 Å². The van der Waals surface area contributed by atoms with E-state index in [-0.39, 0.29) is 0 Å². The first-order valence-corrected chi connectivity index (χ1v) is 5.05. The minimum atomic E-state index is 0.651. The van der Waals surface area contributed by atoms with Crippen LogP contribution in [0.5, 0.6) is 0 Å². The molecule has 0 aliphatic carbocycles. The van der Waals surface area contributed by atoms with Crippen molar-refractivity contribution in [3.63, 3.8) is 0 Å². The van der Waals surface area contributed by atoms with Crippen molar-refractivity contribution in [2.24, 2.45) is 4.99 Å². The molecule has 1 N–H and O–H groups in total. The number of nitrogens with zero attached hydrogens (tertiary/aromatic N) is 6. The molecule has 0 atom stereocenters. The van der Waals surface area contributed by atoms with Crippen molar-refractivity contribution in [3.8, 4) is 0 Å². The van der Waals surface area contributed by atoms with Crippen molar-refractivity contribution in [1.82, 2.24) is 24.5 Å². The van der Waals surface area contributed by atoms with E-state index in [4.69, 9.17) is 0 Å². The second-order valence-corrected chi connectivity index (χ2v) is 3.53. The van der Waals surface area contributed by atoms with E-state index in [1.165, 1.54) is 6.33 Å². The average molecular weight is 217 g/mol. The van der Waals surface area contributed by atoms with Gasteiger partial charge in [0.2, 0.25) is 0 Å². The molecule has 16 heavy (non-hydrogen) atoms. The van der Waals surface area contributed by atoms with Crippen LogP contribution in [0.2, 0.25) is 0 Å². The molecule has 2 aromatic heterocycles. The zero-order valence-electron chi connectivity index (χ0n) is 8.61. The lowest BCUT2D eigenvalue weighted by Crippen LogP contribution is -2.08. The Hall–Kier alpha value is -2.18. The van der Waals surface area contributed by atoms with E-state index in [1.54, 1.807) is 17.3 Å². The van der Waals surface area contributed by atoms with Gasteiger partial charge in [-0.05, 0) is 0 Å². The lowest BCUT2D eigenvalue weighted by atomic mass is 10.3. The fourth-order valence-electron chi connectivity index (χ4n) is 1.61. The van der Waals surface area contributed by atoms with Crippen LogP contribution in [-0.2, 0) is 19.6 Å². The molecule has 7 nitrogen and oxygen atoms in total. The van der Waals surface area contributed by atoms with E-state index in [2.05, 4.69) is 25.5 Å². The summed E-state index contributed by atoms with van der Waals surface area (Å²) in [4.78, 5) is 7.99. The van der Waals surface area contributed by atoms with E-state index >= 15 is 0 Å². The molecule has 2 aromatic rings. The molecule has 82 valence electrons. The molecule has 0 amide bonds. The predicted molar refractivity (Wildman–Crippen MR) is 58.1 cm³/mol. The van der Waals surface area contributed by atoms with Crippen LogP contribution in [0.1, 0.15) is 5.69 Å². The number of nitrogens with one attached hydrogen (secondary N) is 1. The van der Waals surface area contributed by atoms with Crippen molar-refractivity contribution >= 4 is 12.0 Å². The van der Waals surface area contributed by atoms with E-state index in [0.29, 0.717) is 6.54 Å². The third kappa shape index (κ3) is 1.67. The van der Waals surface area contributed by atoms with Crippen molar-refractivity contribution in [2.45, 2.75) is 19.6 Å². The maximum Gasteiger partial charge on any atom is 0.137 e. The lowest BCUT2D eigenvalue weighted by Gasteiger charge is -2.02. The van der Waals surface area contributed by atoms with Gasteiger partial charge in [0.15, 0.2) is 0 Å². The van der Waals surface area contributed by atoms with Gasteiger partial charge >= 0.3 is 0 Å². The summed E-state index contributed by atoms with van der Waals surface area (Å²) in [6.45, 7) is 2.19. The molecular formula is C9H11N7. The standard InChI is InChI=1S/C9H11N7/c1(2-16-7-11-6-13-16)15-4-9-8(14-15)3-10-5-12-9/h4-7H,1-3H2,(H,10,12). The van der Waals surface area contributed by atoms with E-state index < -0.39 is 0 Å². The van der Waals surface area contributed by atoms with Gasteiger partial charge in [-0.25, -0.2) is 4.98 Å². The highest BCUT2D eigenvalue weighted by atomic mass is 15.3. The summed E-state index contributed by atoms with van der Waals surface area (Å²) in [5.74, 6) is 0. The lowest BCUT2D eigenvalue weighted by molar-refractivity contribution is 0.496. The number of anilines is 1. The molecule has 0 bridgehead atoms. The van der Waals surface area contributed by atoms with Gasteiger partial charge in [-0.1, -0.05) is 0 Å². The number of aryl methyl sites for hydroxylation is 2. The number of fused-ring (bicyclic) bond motifs is 1. The minimum Gasteiger partial charge on any atom is -0.344 e. The third-order valence-corrected chi connectivity index (χ3v) is 2.42. The molecule has 0 fully saturated rings. The summed E-state index contributed by atoms with van der Waals surface area (Å²) < 4.78 is 3.68. The second-order valence-electron chi connectivity index (χ2n) is 3.53. The highest BCUT2D eigenvalue weighted by molar-refractivity contribution is 5.78. The Morgan fingerprint density at radius 1 is 1.31 bits per heavy atom. The quantitative estimate of drug-likeness (QED) is 0.793. The molecule has 0 aromatic carbocycles. The van der Waals surface area contributed by atoms with Gasteiger partial charge in [0, 0.05) is 6.20 Å². The largest absolute Gasteiger partial charge is 0.344 e. The summed E-state index contributed by atoms with van der Waals surface area (Å²) in [6, 6.07) is 0. The Bertz CT molecular complexity index is 470. The number of hydrogen-bond donors (Lipinski definition) is 1. The number of aromatic nitrogens is 5. The average Bonchev–Trinajstić information content (AvgIpc) is 2.95. The molecule has 0 unspecified atom stereocenters. The Labute approximate surface area is 91.8 Å². The van der Waals surface area contributed by atoms with Gasteiger partial charge in [-0.3, -0.25) is 14.4 Å². The molecule has 3 rings (SSSR count). The topological polar surface area (TPSA) is 72.9 Å². The predicted octanol–water partition coefficient (Wildman–Crippen LogP) is 0.129. The normalized spacial score (nSPS) is 13.5. The first-order valence-electron chi connectivity index (χ1n) is 5.05. The van der Waals surface area contributed by atoms with Gasteiger partial charge in [0.05, 0.1) is 31.7 Å². The summed E-state index contributed by atoms with van der Waals surface area (Å²) in [6.07, 6.45) is 6.91. The molecule has 7 heteroatoms. The first-order chi connectivity index (χ1) is 7.92. The zero-order valence-corrected chi connectivity index (χ0v) is 8.61. The molecule has 1 aliphatic rings. The van der Waals surface area contributed by atoms with Crippen molar-refractivity contribution in [3.05, 3.63) is 24.5 Å². The van der Waals surface area contributed by atoms with Crippen LogP contribution < -0.4 is 5.32 Å². The smallest absolute Gasteiger partial charge is 0.137 e. The SMILES string of the molecule is C1=NCc2nn(CCn3cncn3)cc2N1. The Morgan fingerprint density at radius 2 is 2.25 bits per heavy atom. The number of hydrogen-bond acceptors (Lipinski definition) is 5. The maximum atomic E-state index is 4.43. The fourth-order valence-corrected chi connectivity index (χ4v) is 1.61. The molecule has 1 aliphatic heterocycles. The van der Waals surface area contributed by atoms with Crippen LogP contribution in [0.15, 0.2) is 23.8 Å². The van der Waals surface area contributed by atoms with E-state index in [1.807, 2.05) is 10.9 Å². The van der Waals surface area contributed by atoms with Gasteiger partial charge in [0.1, 0.15) is 18.3 Å². The molecule has 0 saturated heterocycles. The van der Waals surface area contributed by atoms with Crippen LogP contribution in [0.25, 0.3) is 0 Å². The maximum absolute atomic E-state index is 4.43. The Balaban J connectivity index is 1.69. The summed E-state index contributed by atoms with van der Waals surface area (Å²) in [5.41, 5.74) is 2.02. The minimum absolute atomic E-state index is 0.651. The second kappa shape index (κ2) is 3.76.